The van der Waals surface area contributed by atoms with Crippen molar-refractivity contribution in [2.45, 2.75) is 39.4 Å². The molecular weight excluding hydrogens is 334 g/mol. The fourth-order valence-corrected chi connectivity index (χ4v) is 3.68. The van der Waals surface area contributed by atoms with Crippen LogP contribution in [0.2, 0.25) is 0 Å². The molecule has 1 atom stereocenters. The van der Waals surface area contributed by atoms with Gasteiger partial charge in [-0.2, -0.15) is 0 Å². The first-order valence-electron chi connectivity index (χ1n) is 10.1. The topological polar surface area (TPSA) is 44.6 Å². The van der Waals surface area contributed by atoms with Gasteiger partial charge in [0.05, 0.1) is 0 Å². The Kier molecular flexibility index (Phi) is 7.34. The first-order chi connectivity index (χ1) is 13.2. The van der Waals surface area contributed by atoms with Gasteiger partial charge in [-0.3, -0.25) is 9.89 Å². The number of aromatic nitrogens is 1. The maximum Gasteiger partial charge on any atom is 0.191 e. The van der Waals surface area contributed by atoms with Gasteiger partial charge >= 0.3 is 0 Å². The molecule has 2 heterocycles. The highest BCUT2D eigenvalue weighted by molar-refractivity contribution is 5.79. The standard InChI is InChI=1S/C22H33N5/c1-19-6-5-14-27(17-19)18-21-9-7-20(8-10-21)16-25-22(23-2)24-11-15-26-12-3-4-13-26/h3-4,7-10,12-13,19H,5-6,11,14-18H2,1-2H3,(H2,23,24,25). The summed E-state index contributed by atoms with van der Waals surface area (Å²) in [6.07, 6.45) is 6.86. The lowest BCUT2D eigenvalue weighted by Crippen LogP contribution is -2.38. The van der Waals surface area contributed by atoms with E-state index >= 15 is 0 Å². The summed E-state index contributed by atoms with van der Waals surface area (Å²) in [5, 5.41) is 6.75. The van der Waals surface area contributed by atoms with Crippen LogP contribution >= 0.6 is 0 Å². The summed E-state index contributed by atoms with van der Waals surface area (Å²) >= 11 is 0. The van der Waals surface area contributed by atoms with E-state index in [4.69, 9.17) is 0 Å². The number of benzene rings is 1. The average Bonchev–Trinajstić information content (AvgIpc) is 3.19. The van der Waals surface area contributed by atoms with Crippen molar-refractivity contribution in [2.75, 3.05) is 26.7 Å². The van der Waals surface area contributed by atoms with Crippen LogP contribution in [0.5, 0.6) is 0 Å². The van der Waals surface area contributed by atoms with Crippen LogP contribution in [0.3, 0.4) is 0 Å². The molecule has 1 aliphatic heterocycles. The summed E-state index contributed by atoms with van der Waals surface area (Å²) in [5.41, 5.74) is 2.68. The Hall–Kier alpha value is -2.27. The summed E-state index contributed by atoms with van der Waals surface area (Å²) in [6.45, 7) is 8.46. The van der Waals surface area contributed by atoms with Gasteiger partial charge in [-0.1, -0.05) is 31.2 Å². The molecule has 2 aromatic rings. The molecule has 0 saturated carbocycles. The Balaban J connectivity index is 1.40. The van der Waals surface area contributed by atoms with E-state index in [1.807, 2.05) is 19.2 Å². The second-order valence-corrected chi connectivity index (χ2v) is 7.57. The van der Waals surface area contributed by atoms with E-state index in [1.165, 1.54) is 37.1 Å². The Labute approximate surface area is 163 Å². The molecule has 3 rings (SSSR count). The molecule has 1 aromatic carbocycles. The number of hydrogen-bond donors (Lipinski definition) is 2. The molecule has 1 unspecified atom stereocenters. The molecule has 1 aliphatic rings. The van der Waals surface area contributed by atoms with Crippen molar-refractivity contribution in [1.29, 1.82) is 0 Å². The number of guanidine groups is 1. The first kappa shape index (κ1) is 19.5. The van der Waals surface area contributed by atoms with Gasteiger partial charge in [0.15, 0.2) is 5.96 Å². The number of piperidine rings is 1. The predicted octanol–water partition coefficient (Wildman–Crippen LogP) is 3.09. The van der Waals surface area contributed by atoms with Gasteiger partial charge in [0.25, 0.3) is 0 Å². The second kappa shape index (κ2) is 10.2. The van der Waals surface area contributed by atoms with Crippen molar-refractivity contribution in [2.24, 2.45) is 10.9 Å². The maximum absolute atomic E-state index is 4.30. The van der Waals surface area contributed by atoms with Crippen molar-refractivity contribution < 1.29 is 0 Å². The molecule has 1 saturated heterocycles. The van der Waals surface area contributed by atoms with Crippen LogP contribution in [0.25, 0.3) is 0 Å². The molecule has 0 radical (unpaired) electrons. The number of rotatable bonds is 7. The van der Waals surface area contributed by atoms with Crippen LogP contribution in [0.15, 0.2) is 53.8 Å². The predicted molar refractivity (Wildman–Crippen MR) is 113 cm³/mol. The normalized spacial score (nSPS) is 18.4. The third kappa shape index (κ3) is 6.43. The van der Waals surface area contributed by atoms with Gasteiger partial charge in [0.1, 0.15) is 0 Å². The molecule has 0 spiro atoms. The number of likely N-dealkylation sites (tertiary alicyclic amines) is 1. The van der Waals surface area contributed by atoms with Gasteiger partial charge in [0.2, 0.25) is 0 Å². The minimum atomic E-state index is 0.782. The zero-order chi connectivity index (χ0) is 18.9. The lowest BCUT2D eigenvalue weighted by atomic mass is 9.99. The average molecular weight is 368 g/mol. The molecule has 27 heavy (non-hydrogen) atoms. The zero-order valence-corrected chi connectivity index (χ0v) is 16.7. The van der Waals surface area contributed by atoms with Crippen molar-refractivity contribution in [3.8, 4) is 0 Å². The molecule has 0 bridgehead atoms. The van der Waals surface area contributed by atoms with E-state index in [1.54, 1.807) is 0 Å². The van der Waals surface area contributed by atoms with E-state index in [-0.39, 0.29) is 0 Å². The van der Waals surface area contributed by atoms with Crippen LogP contribution in [-0.2, 0) is 19.6 Å². The molecular formula is C22H33N5. The monoisotopic (exact) mass is 367 g/mol. The highest BCUT2D eigenvalue weighted by Crippen LogP contribution is 2.18. The zero-order valence-electron chi connectivity index (χ0n) is 16.7. The SMILES string of the molecule is CN=C(NCCn1cccc1)NCc1ccc(CN2CCCC(C)C2)cc1. The smallest absolute Gasteiger partial charge is 0.191 e. The lowest BCUT2D eigenvalue weighted by Gasteiger charge is -2.30. The Morgan fingerprint density at radius 3 is 2.56 bits per heavy atom. The van der Waals surface area contributed by atoms with Crippen molar-refractivity contribution in [3.63, 3.8) is 0 Å². The van der Waals surface area contributed by atoms with Gasteiger partial charge in [-0.15, -0.1) is 0 Å². The van der Waals surface area contributed by atoms with E-state index in [0.29, 0.717) is 0 Å². The minimum Gasteiger partial charge on any atom is -0.355 e. The summed E-state index contributed by atoms with van der Waals surface area (Å²) in [6, 6.07) is 13.1. The fourth-order valence-electron chi connectivity index (χ4n) is 3.68. The van der Waals surface area contributed by atoms with Crippen molar-refractivity contribution >= 4 is 5.96 Å². The summed E-state index contributed by atoms with van der Waals surface area (Å²) < 4.78 is 2.15. The fraction of sp³-hybridized carbons (Fsp3) is 0.500. The molecule has 5 nitrogen and oxygen atoms in total. The van der Waals surface area contributed by atoms with Crippen LogP contribution in [0.4, 0.5) is 0 Å². The number of nitrogens with one attached hydrogen (secondary N) is 2. The van der Waals surface area contributed by atoms with Gasteiger partial charge in [-0.05, 0) is 48.6 Å². The number of aliphatic imine (C=N–C) groups is 1. The van der Waals surface area contributed by atoms with Crippen LogP contribution < -0.4 is 10.6 Å². The molecule has 2 N–H and O–H groups in total. The highest BCUT2D eigenvalue weighted by atomic mass is 15.2. The molecule has 5 heteroatoms. The second-order valence-electron chi connectivity index (χ2n) is 7.57. The molecule has 146 valence electrons. The third-order valence-corrected chi connectivity index (χ3v) is 5.18. The van der Waals surface area contributed by atoms with E-state index in [0.717, 1.165) is 38.1 Å². The van der Waals surface area contributed by atoms with E-state index in [9.17, 15) is 0 Å². The molecule has 0 aliphatic carbocycles. The van der Waals surface area contributed by atoms with E-state index in [2.05, 4.69) is 68.7 Å². The van der Waals surface area contributed by atoms with Crippen LogP contribution in [-0.4, -0.2) is 42.1 Å². The Morgan fingerprint density at radius 2 is 1.85 bits per heavy atom. The van der Waals surface area contributed by atoms with Gasteiger partial charge < -0.3 is 15.2 Å². The third-order valence-electron chi connectivity index (χ3n) is 5.18. The van der Waals surface area contributed by atoms with E-state index < -0.39 is 0 Å². The van der Waals surface area contributed by atoms with Crippen LogP contribution in [0, 0.1) is 5.92 Å². The summed E-state index contributed by atoms with van der Waals surface area (Å²) in [4.78, 5) is 6.88. The molecule has 0 amide bonds. The molecule has 1 aromatic heterocycles. The highest BCUT2D eigenvalue weighted by Gasteiger charge is 2.16. The summed E-state index contributed by atoms with van der Waals surface area (Å²) in [5.74, 6) is 1.67. The van der Waals surface area contributed by atoms with Gasteiger partial charge in [-0.25, -0.2) is 0 Å². The maximum atomic E-state index is 4.30. The van der Waals surface area contributed by atoms with Crippen molar-refractivity contribution in [3.05, 3.63) is 59.9 Å². The lowest BCUT2D eigenvalue weighted by molar-refractivity contribution is 0.176. The number of hydrogen-bond acceptors (Lipinski definition) is 2. The minimum absolute atomic E-state index is 0.782. The van der Waals surface area contributed by atoms with Crippen LogP contribution in [0.1, 0.15) is 30.9 Å². The Bertz CT molecular complexity index is 690. The molecule has 1 fully saturated rings. The number of nitrogens with zero attached hydrogens (tertiary/aromatic N) is 3. The first-order valence-corrected chi connectivity index (χ1v) is 10.1. The summed E-state index contributed by atoms with van der Waals surface area (Å²) in [7, 11) is 1.81. The quantitative estimate of drug-likeness (QED) is 0.584. The Morgan fingerprint density at radius 1 is 1.11 bits per heavy atom. The van der Waals surface area contributed by atoms with Gasteiger partial charge in [0, 0.05) is 52.2 Å². The largest absolute Gasteiger partial charge is 0.355 e. The van der Waals surface area contributed by atoms with Crippen molar-refractivity contribution in [1.82, 2.24) is 20.1 Å².